The van der Waals surface area contributed by atoms with Crippen LogP contribution < -0.4 is 15.8 Å². The van der Waals surface area contributed by atoms with Crippen molar-refractivity contribution in [3.8, 4) is 5.75 Å². The van der Waals surface area contributed by atoms with Crippen LogP contribution in [0.2, 0.25) is 0 Å². The molecule has 0 aliphatic rings. The second-order valence-electron chi connectivity index (χ2n) is 4.32. The second-order valence-corrected chi connectivity index (χ2v) is 4.59. The summed E-state index contributed by atoms with van der Waals surface area (Å²) in [4.78, 5) is 22.5. The number of primary amides is 1. The third kappa shape index (κ3) is 5.48. The topological polar surface area (TPSA) is 81.4 Å². The first-order chi connectivity index (χ1) is 9.56. The number of nitrogens with one attached hydrogen (secondary N) is 1. The van der Waals surface area contributed by atoms with Gasteiger partial charge in [0.1, 0.15) is 11.6 Å². The molecule has 1 atom stereocenters. The van der Waals surface area contributed by atoms with Crippen molar-refractivity contribution in [1.82, 2.24) is 5.32 Å². The molecule has 3 N–H and O–H groups in total. The fraction of sp³-hybridized carbons (Fsp3) is 0.429. The number of nitrogens with two attached hydrogens (primary N) is 1. The van der Waals surface area contributed by atoms with Crippen LogP contribution in [-0.4, -0.2) is 30.8 Å². The highest BCUT2D eigenvalue weighted by atomic mass is 35.5. The van der Waals surface area contributed by atoms with E-state index in [2.05, 4.69) is 5.32 Å². The van der Waals surface area contributed by atoms with Gasteiger partial charge < -0.3 is 15.8 Å². The van der Waals surface area contributed by atoms with Crippen LogP contribution in [0.1, 0.15) is 12.5 Å². The highest BCUT2D eigenvalue weighted by Crippen LogP contribution is 2.15. The molecule has 0 fully saturated rings. The molecule has 0 aliphatic carbocycles. The van der Waals surface area contributed by atoms with Gasteiger partial charge in [-0.25, -0.2) is 0 Å². The summed E-state index contributed by atoms with van der Waals surface area (Å²) in [5, 5.41) is 2.57. The minimum absolute atomic E-state index is 0.130. The summed E-state index contributed by atoms with van der Waals surface area (Å²) in [6.45, 7) is 2.71. The van der Waals surface area contributed by atoms with E-state index in [1.54, 1.807) is 0 Å². The molecule has 1 rings (SSSR count). The third-order valence-corrected chi connectivity index (χ3v) is 3.03. The molecule has 1 unspecified atom stereocenters. The van der Waals surface area contributed by atoms with Gasteiger partial charge in [0.15, 0.2) is 0 Å². The summed E-state index contributed by atoms with van der Waals surface area (Å²) in [6, 6.07) is 7.44. The van der Waals surface area contributed by atoms with Crippen molar-refractivity contribution < 1.29 is 14.3 Å². The highest BCUT2D eigenvalue weighted by Gasteiger charge is 2.17. The first-order valence-electron chi connectivity index (χ1n) is 6.40. The monoisotopic (exact) mass is 298 g/mol. The van der Waals surface area contributed by atoms with Crippen molar-refractivity contribution in [3.05, 3.63) is 29.8 Å². The molecule has 0 spiro atoms. The van der Waals surface area contributed by atoms with Gasteiger partial charge in [-0.2, -0.15) is 0 Å². The van der Waals surface area contributed by atoms with E-state index in [4.69, 9.17) is 22.1 Å². The van der Waals surface area contributed by atoms with Crippen molar-refractivity contribution in [2.24, 2.45) is 11.7 Å². The molecular formula is C14H19ClN2O3. The summed E-state index contributed by atoms with van der Waals surface area (Å²) in [6.07, 6.45) is 0.463. The zero-order chi connectivity index (χ0) is 15.0. The number of hydrogen-bond acceptors (Lipinski definition) is 3. The number of rotatable bonds is 8. The van der Waals surface area contributed by atoms with Crippen LogP contribution in [0.15, 0.2) is 24.3 Å². The minimum Gasteiger partial charge on any atom is -0.494 e. The molecule has 1 aromatic rings. The Balaban J connectivity index is 2.60. The highest BCUT2D eigenvalue weighted by molar-refractivity contribution is 6.27. The lowest BCUT2D eigenvalue weighted by Crippen LogP contribution is -2.37. The maximum Gasteiger partial charge on any atom is 0.234 e. The van der Waals surface area contributed by atoms with E-state index in [-0.39, 0.29) is 18.3 Å². The first-order valence-corrected chi connectivity index (χ1v) is 6.94. The maximum absolute atomic E-state index is 11.4. The Morgan fingerprint density at radius 3 is 2.50 bits per heavy atom. The lowest BCUT2D eigenvalue weighted by Gasteiger charge is -2.14. The van der Waals surface area contributed by atoms with Crippen molar-refractivity contribution in [3.63, 3.8) is 0 Å². The Labute approximate surface area is 123 Å². The molecule has 0 heterocycles. The molecule has 0 bridgehead atoms. The van der Waals surface area contributed by atoms with Gasteiger partial charge in [0, 0.05) is 6.54 Å². The fourth-order valence-electron chi connectivity index (χ4n) is 1.73. The molecule has 0 saturated heterocycles. The average Bonchev–Trinajstić information content (AvgIpc) is 2.44. The molecule has 0 aliphatic heterocycles. The van der Waals surface area contributed by atoms with Crippen LogP contribution in [0.25, 0.3) is 0 Å². The number of halogens is 1. The van der Waals surface area contributed by atoms with Crippen LogP contribution in [0, 0.1) is 5.92 Å². The second kappa shape index (κ2) is 8.43. The van der Waals surface area contributed by atoms with Crippen molar-refractivity contribution in [2.75, 3.05) is 19.0 Å². The van der Waals surface area contributed by atoms with Gasteiger partial charge in [0.05, 0.1) is 12.5 Å². The van der Waals surface area contributed by atoms with Gasteiger partial charge in [-0.3, -0.25) is 9.59 Å². The van der Waals surface area contributed by atoms with Crippen LogP contribution in [0.3, 0.4) is 0 Å². The van der Waals surface area contributed by atoms with Crippen molar-refractivity contribution >= 4 is 23.4 Å². The van der Waals surface area contributed by atoms with E-state index in [9.17, 15) is 9.59 Å². The van der Waals surface area contributed by atoms with Gasteiger partial charge in [-0.15, -0.1) is 11.6 Å². The normalized spacial score (nSPS) is 11.7. The van der Waals surface area contributed by atoms with Crippen LogP contribution in [0.4, 0.5) is 0 Å². The Morgan fingerprint density at radius 1 is 1.35 bits per heavy atom. The minimum atomic E-state index is -0.458. The number of hydrogen-bond donors (Lipinski definition) is 2. The molecule has 20 heavy (non-hydrogen) atoms. The molecule has 2 amide bonds. The molecule has 5 nitrogen and oxygen atoms in total. The Hall–Kier alpha value is -1.75. The molecule has 0 radical (unpaired) electrons. The summed E-state index contributed by atoms with van der Waals surface area (Å²) in [7, 11) is 0. The lowest BCUT2D eigenvalue weighted by molar-refractivity contribution is -0.122. The van der Waals surface area contributed by atoms with Gasteiger partial charge in [-0.05, 0) is 31.0 Å². The standard InChI is InChI=1S/C14H19ClN2O3/c1-2-20-12-5-3-10(4-6-12)7-11(14(16)19)9-17-13(18)8-15/h3-6,11H,2,7-9H2,1H3,(H2,16,19)(H,17,18). The van der Waals surface area contributed by atoms with Crippen LogP contribution >= 0.6 is 11.6 Å². The van der Waals surface area contributed by atoms with E-state index in [1.807, 2.05) is 31.2 Å². The quantitative estimate of drug-likeness (QED) is 0.705. The smallest absolute Gasteiger partial charge is 0.234 e. The number of alkyl halides is 1. The predicted octanol–water partition coefficient (Wildman–Crippen LogP) is 1.08. The summed E-state index contributed by atoms with van der Waals surface area (Å²) < 4.78 is 5.34. The summed E-state index contributed by atoms with van der Waals surface area (Å²) in [5.41, 5.74) is 6.30. The Bertz CT molecular complexity index is 448. The van der Waals surface area contributed by atoms with E-state index in [1.165, 1.54) is 0 Å². The molecule has 6 heteroatoms. The number of amides is 2. The Kier molecular flexibility index (Phi) is 6.87. The fourth-order valence-corrected chi connectivity index (χ4v) is 1.83. The largest absolute Gasteiger partial charge is 0.494 e. The van der Waals surface area contributed by atoms with Gasteiger partial charge >= 0.3 is 0 Å². The van der Waals surface area contributed by atoms with Crippen LogP contribution in [-0.2, 0) is 16.0 Å². The average molecular weight is 299 g/mol. The molecule has 110 valence electrons. The van der Waals surface area contributed by atoms with Gasteiger partial charge in [-0.1, -0.05) is 12.1 Å². The van der Waals surface area contributed by atoms with E-state index in [0.717, 1.165) is 11.3 Å². The number of carbonyl (C=O) groups is 2. The molecular weight excluding hydrogens is 280 g/mol. The van der Waals surface area contributed by atoms with Gasteiger partial charge in [0.25, 0.3) is 0 Å². The third-order valence-electron chi connectivity index (χ3n) is 2.79. The zero-order valence-electron chi connectivity index (χ0n) is 11.4. The maximum atomic E-state index is 11.4. The molecule has 0 aromatic heterocycles. The number of carbonyl (C=O) groups excluding carboxylic acids is 2. The Morgan fingerprint density at radius 2 is 2.00 bits per heavy atom. The van der Waals surface area contributed by atoms with Crippen molar-refractivity contribution in [1.29, 1.82) is 0 Å². The van der Waals surface area contributed by atoms with Gasteiger partial charge in [0.2, 0.25) is 11.8 Å². The first kappa shape index (κ1) is 16.3. The number of ether oxygens (including phenoxy) is 1. The van der Waals surface area contributed by atoms with E-state index < -0.39 is 11.8 Å². The van der Waals surface area contributed by atoms with Crippen LogP contribution in [0.5, 0.6) is 5.75 Å². The summed E-state index contributed by atoms with van der Waals surface area (Å²) in [5.74, 6) is -0.574. The number of benzene rings is 1. The molecule has 0 saturated carbocycles. The van der Waals surface area contributed by atoms with E-state index in [0.29, 0.717) is 13.0 Å². The zero-order valence-corrected chi connectivity index (χ0v) is 12.2. The SMILES string of the molecule is CCOc1ccc(CC(CNC(=O)CCl)C(N)=O)cc1. The van der Waals surface area contributed by atoms with Crippen molar-refractivity contribution in [2.45, 2.75) is 13.3 Å². The lowest BCUT2D eigenvalue weighted by atomic mass is 9.98. The molecule has 1 aromatic carbocycles. The summed E-state index contributed by atoms with van der Waals surface area (Å²) >= 11 is 5.38. The predicted molar refractivity (Wildman–Crippen MR) is 77.7 cm³/mol. The van der Waals surface area contributed by atoms with E-state index >= 15 is 0 Å².